The van der Waals surface area contributed by atoms with Crippen molar-refractivity contribution in [2.24, 2.45) is 0 Å². The second kappa shape index (κ2) is 11.4. The molecule has 9 nitrogen and oxygen atoms in total. The van der Waals surface area contributed by atoms with Crippen LogP contribution in [0.1, 0.15) is 28.9 Å². The third-order valence-corrected chi connectivity index (χ3v) is 6.99. The van der Waals surface area contributed by atoms with E-state index in [1.165, 1.54) is 0 Å². The number of nitrogens with zero attached hydrogens (tertiary/aromatic N) is 5. The molecule has 39 heavy (non-hydrogen) atoms. The molecule has 11 heteroatoms. The fourth-order valence-corrected chi connectivity index (χ4v) is 4.67. The molecule has 3 N–H and O–H groups in total. The lowest BCUT2D eigenvalue weighted by molar-refractivity contribution is -0.0566. The van der Waals surface area contributed by atoms with Gasteiger partial charge in [0, 0.05) is 76.0 Å². The number of aromatic amines is 1. The summed E-state index contributed by atoms with van der Waals surface area (Å²) in [5.41, 5.74) is 4.31. The van der Waals surface area contributed by atoms with E-state index in [2.05, 4.69) is 30.8 Å². The zero-order chi connectivity index (χ0) is 27.4. The van der Waals surface area contributed by atoms with Crippen LogP contribution in [0.25, 0.3) is 22.0 Å². The van der Waals surface area contributed by atoms with Gasteiger partial charge in [0.2, 0.25) is 0 Å². The van der Waals surface area contributed by atoms with Crippen molar-refractivity contribution >= 4 is 28.3 Å². The number of H-pyrrole nitrogens is 1. The number of carbonyl (C=O) groups is 1. The second-order valence-electron chi connectivity index (χ2n) is 9.93. The van der Waals surface area contributed by atoms with Crippen molar-refractivity contribution in [3.05, 3.63) is 66.2 Å². The van der Waals surface area contributed by atoms with Crippen LogP contribution in [0.3, 0.4) is 0 Å². The first-order valence-electron chi connectivity index (χ1n) is 13.0. The first kappa shape index (κ1) is 26.6. The van der Waals surface area contributed by atoms with Crippen molar-refractivity contribution < 1.29 is 13.6 Å². The summed E-state index contributed by atoms with van der Waals surface area (Å²) in [7, 11) is 3.87. The van der Waals surface area contributed by atoms with Crippen molar-refractivity contribution in [3.8, 4) is 11.1 Å². The number of hydrogen-bond donors (Lipinski definition) is 3. The van der Waals surface area contributed by atoms with E-state index in [1.807, 2.05) is 60.3 Å². The van der Waals surface area contributed by atoms with Crippen LogP contribution in [0.5, 0.6) is 0 Å². The highest BCUT2D eigenvalue weighted by atomic mass is 19.3. The van der Waals surface area contributed by atoms with Crippen LogP contribution in [-0.4, -0.2) is 77.2 Å². The fraction of sp³-hybridized carbons (Fsp3) is 0.357. The molecule has 0 bridgehead atoms. The molecular formula is C28H32F2N8O. The molecule has 1 aromatic carbocycles. The molecule has 0 unspecified atom stereocenters. The minimum Gasteiger partial charge on any atom is -0.358 e. The summed E-state index contributed by atoms with van der Waals surface area (Å²) in [5, 5.41) is 13.9. The Morgan fingerprint density at radius 3 is 2.67 bits per heavy atom. The van der Waals surface area contributed by atoms with E-state index in [-0.39, 0.29) is 24.4 Å². The van der Waals surface area contributed by atoms with Gasteiger partial charge in [-0.3, -0.25) is 19.8 Å². The average Bonchev–Trinajstić information content (AvgIpc) is 3.37. The van der Waals surface area contributed by atoms with Crippen LogP contribution >= 0.6 is 0 Å². The number of benzene rings is 1. The zero-order valence-corrected chi connectivity index (χ0v) is 22.0. The van der Waals surface area contributed by atoms with Crippen LogP contribution in [0.2, 0.25) is 0 Å². The highest BCUT2D eigenvalue weighted by Gasteiger charge is 2.33. The molecule has 3 aromatic heterocycles. The highest BCUT2D eigenvalue weighted by Crippen LogP contribution is 2.30. The summed E-state index contributed by atoms with van der Waals surface area (Å²) >= 11 is 0. The number of amides is 1. The molecule has 1 fully saturated rings. The Balaban J connectivity index is 1.30. The quantitative estimate of drug-likeness (QED) is 0.296. The summed E-state index contributed by atoms with van der Waals surface area (Å²) in [6.07, 6.45) is 4.93. The number of halogens is 2. The van der Waals surface area contributed by atoms with Gasteiger partial charge < -0.3 is 15.5 Å². The Morgan fingerprint density at radius 1 is 1.10 bits per heavy atom. The number of likely N-dealkylation sites (tertiary alicyclic amines) is 1. The Bertz CT molecular complexity index is 1430. The van der Waals surface area contributed by atoms with Gasteiger partial charge in [0.25, 0.3) is 11.8 Å². The molecule has 4 aromatic rings. The number of carbonyl (C=O) groups excluding carboxylic acids is 1. The van der Waals surface area contributed by atoms with Crippen LogP contribution in [0, 0.1) is 0 Å². The van der Waals surface area contributed by atoms with Crippen LogP contribution in [0.4, 0.5) is 20.3 Å². The molecule has 5 rings (SSSR count). The molecule has 0 atom stereocenters. The number of rotatable bonds is 9. The lowest BCUT2D eigenvalue weighted by atomic mass is 10.0. The lowest BCUT2D eigenvalue weighted by Crippen LogP contribution is -2.38. The Hall–Kier alpha value is -3.96. The second-order valence-corrected chi connectivity index (χ2v) is 9.93. The van der Waals surface area contributed by atoms with Gasteiger partial charge in [-0.25, -0.2) is 13.8 Å². The monoisotopic (exact) mass is 534 g/mol. The van der Waals surface area contributed by atoms with E-state index in [1.54, 1.807) is 18.6 Å². The summed E-state index contributed by atoms with van der Waals surface area (Å²) in [6.45, 7) is 2.94. The number of piperidine rings is 1. The van der Waals surface area contributed by atoms with Gasteiger partial charge in [-0.1, -0.05) is 6.07 Å². The topological polar surface area (TPSA) is 102 Å². The Kier molecular flexibility index (Phi) is 7.80. The summed E-state index contributed by atoms with van der Waals surface area (Å²) in [6, 6.07) is 11.4. The summed E-state index contributed by atoms with van der Waals surface area (Å²) < 4.78 is 27.0. The van der Waals surface area contributed by atoms with Gasteiger partial charge >= 0.3 is 0 Å². The van der Waals surface area contributed by atoms with Crippen LogP contribution in [0.15, 0.2) is 55.0 Å². The molecule has 0 saturated carbocycles. The normalized spacial score (nSPS) is 15.4. The van der Waals surface area contributed by atoms with Gasteiger partial charge in [0.15, 0.2) is 5.69 Å². The van der Waals surface area contributed by atoms with E-state index in [0.717, 1.165) is 41.1 Å². The van der Waals surface area contributed by atoms with E-state index in [9.17, 15) is 13.6 Å². The van der Waals surface area contributed by atoms with Gasteiger partial charge in [0.05, 0.1) is 17.4 Å². The molecule has 1 aliphatic heterocycles. The van der Waals surface area contributed by atoms with Gasteiger partial charge in [0.1, 0.15) is 5.82 Å². The molecule has 1 amide bonds. The number of aromatic nitrogens is 4. The SMILES string of the molecule is CNCCN(C)c1ccc(NC(=O)c2n[nH]c3ccc(-c4cncc(CN5CCC(F)(F)CC5)c4)cc23)cn1. The van der Waals surface area contributed by atoms with E-state index < -0.39 is 5.92 Å². The first-order chi connectivity index (χ1) is 18.8. The van der Waals surface area contributed by atoms with Crippen molar-refractivity contribution in [2.45, 2.75) is 25.3 Å². The summed E-state index contributed by atoms with van der Waals surface area (Å²) in [5.74, 6) is -2.10. The fourth-order valence-electron chi connectivity index (χ4n) is 4.67. The van der Waals surface area contributed by atoms with Gasteiger partial charge in [-0.15, -0.1) is 0 Å². The molecule has 0 radical (unpaired) electrons. The molecule has 0 aliphatic carbocycles. The lowest BCUT2D eigenvalue weighted by Gasteiger charge is -2.31. The predicted molar refractivity (Wildman–Crippen MR) is 148 cm³/mol. The van der Waals surface area contributed by atoms with Crippen molar-refractivity contribution in [2.75, 3.05) is 50.5 Å². The third-order valence-electron chi connectivity index (χ3n) is 6.99. The standard InChI is InChI=1S/C28H32F2N8O/c1-31-9-12-37(2)25-6-4-22(17-33-25)34-27(39)26-23-14-20(3-5-24(23)35-36-26)21-13-19(15-32-16-21)18-38-10-7-28(29,30)8-11-38/h3-6,13-17,31H,7-12,18H2,1-2H3,(H,34,39)(H,35,36). The molecule has 1 saturated heterocycles. The van der Waals surface area contributed by atoms with Crippen LogP contribution in [-0.2, 0) is 6.54 Å². The largest absolute Gasteiger partial charge is 0.358 e. The summed E-state index contributed by atoms with van der Waals surface area (Å²) in [4.78, 5) is 26.0. The maximum absolute atomic E-state index is 13.5. The van der Waals surface area contributed by atoms with E-state index >= 15 is 0 Å². The maximum Gasteiger partial charge on any atom is 0.276 e. The number of nitrogens with one attached hydrogen (secondary N) is 3. The number of fused-ring (bicyclic) bond motifs is 1. The molecule has 204 valence electrons. The minimum atomic E-state index is -2.57. The molecule has 0 spiro atoms. The van der Waals surface area contributed by atoms with Crippen LogP contribution < -0.4 is 15.5 Å². The zero-order valence-electron chi connectivity index (χ0n) is 22.0. The molecule has 4 heterocycles. The van der Waals surface area contributed by atoms with E-state index in [0.29, 0.717) is 30.7 Å². The van der Waals surface area contributed by atoms with Crippen molar-refractivity contribution in [1.82, 2.24) is 30.4 Å². The predicted octanol–water partition coefficient (Wildman–Crippen LogP) is 4.16. The van der Waals surface area contributed by atoms with E-state index in [4.69, 9.17) is 0 Å². The third kappa shape index (κ3) is 6.37. The number of likely N-dealkylation sites (N-methyl/N-ethyl adjacent to an activating group) is 2. The number of anilines is 2. The maximum atomic E-state index is 13.5. The van der Waals surface area contributed by atoms with Gasteiger partial charge in [-0.05, 0) is 48.5 Å². The average molecular weight is 535 g/mol. The number of pyridine rings is 2. The molecular weight excluding hydrogens is 502 g/mol. The number of hydrogen-bond acceptors (Lipinski definition) is 7. The van der Waals surface area contributed by atoms with Gasteiger partial charge in [-0.2, -0.15) is 5.10 Å². The smallest absolute Gasteiger partial charge is 0.276 e. The number of alkyl halides is 2. The Labute approximate surface area is 225 Å². The van der Waals surface area contributed by atoms with Crippen molar-refractivity contribution in [1.29, 1.82) is 0 Å². The minimum absolute atomic E-state index is 0.115. The highest BCUT2D eigenvalue weighted by molar-refractivity contribution is 6.11. The van der Waals surface area contributed by atoms with Crippen molar-refractivity contribution in [3.63, 3.8) is 0 Å². The Morgan fingerprint density at radius 2 is 1.92 bits per heavy atom. The molecule has 1 aliphatic rings. The first-order valence-corrected chi connectivity index (χ1v) is 13.0.